The van der Waals surface area contributed by atoms with Crippen LogP contribution in [0.1, 0.15) is 28.9 Å². The van der Waals surface area contributed by atoms with Crippen LogP contribution in [-0.4, -0.2) is 10.5 Å². The van der Waals surface area contributed by atoms with Gasteiger partial charge < -0.3 is 9.88 Å². The lowest BCUT2D eigenvalue weighted by Gasteiger charge is -2.12. The molecule has 3 aromatic rings. The molecule has 1 atom stereocenters. The van der Waals surface area contributed by atoms with E-state index in [1.165, 1.54) is 24.3 Å². The normalized spacial score (nSPS) is 15.7. The maximum atomic E-state index is 13.0. The van der Waals surface area contributed by atoms with Crippen molar-refractivity contribution in [3.8, 4) is 0 Å². The Hall–Kier alpha value is -2.95. The van der Waals surface area contributed by atoms with Crippen molar-refractivity contribution in [1.29, 1.82) is 0 Å². The molecule has 0 fully saturated rings. The van der Waals surface area contributed by atoms with Gasteiger partial charge in [-0.1, -0.05) is 12.1 Å². The zero-order chi connectivity index (χ0) is 16.8. The molecule has 0 saturated heterocycles. The Bertz CT molecular complexity index is 1020. The summed E-state index contributed by atoms with van der Waals surface area (Å²) in [6.45, 7) is 2.06. The summed E-state index contributed by atoms with van der Waals surface area (Å²) in [5.41, 5.74) is 2.30. The smallest absolute Gasteiger partial charge is 0.261 e. The molecule has 5 heteroatoms. The van der Waals surface area contributed by atoms with Crippen molar-refractivity contribution in [2.24, 2.45) is 0 Å². The van der Waals surface area contributed by atoms with Gasteiger partial charge in [0.25, 0.3) is 5.91 Å². The topological polar surface area (TPSA) is 51.1 Å². The summed E-state index contributed by atoms with van der Waals surface area (Å²) in [5, 5.41) is 3.21. The van der Waals surface area contributed by atoms with E-state index >= 15 is 0 Å². The van der Waals surface area contributed by atoms with Crippen LogP contribution in [0.5, 0.6) is 0 Å². The van der Waals surface area contributed by atoms with Gasteiger partial charge in [-0.15, -0.1) is 0 Å². The first-order valence-corrected chi connectivity index (χ1v) is 7.78. The van der Waals surface area contributed by atoms with Crippen LogP contribution in [0.3, 0.4) is 0 Å². The molecule has 1 aliphatic heterocycles. The number of benzene rings is 2. The van der Waals surface area contributed by atoms with Crippen LogP contribution in [0.15, 0.2) is 53.5 Å². The number of aromatic nitrogens is 1. The van der Waals surface area contributed by atoms with Crippen LogP contribution < -0.4 is 10.7 Å². The quantitative estimate of drug-likeness (QED) is 0.785. The van der Waals surface area contributed by atoms with Crippen LogP contribution in [0.25, 0.3) is 10.9 Å². The summed E-state index contributed by atoms with van der Waals surface area (Å²) >= 11 is 0. The number of carbonyl (C=O) groups is 1. The zero-order valence-electron chi connectivity index (χ0n) is 13.0. The van der Waals surface area contributed by atoms with Crippen molar-refractivity contribution in [1.82, 2.24) is 4.57 Å². The van der Waals surface area contributed by atoms with Gasteiger partial charge in [-0.2, -0.15) is 0 Å². The van der Waals surface area contributed by atoms with Gasteiger partial charge in [0, 0.05) is 23.3 Å². The van der Waals surface area contributed by atoms with Gasteiger partial charge in [-0.3, -0.25) is 9.59 Å². The Morgan fingerprint density at radius 3 is 2.71 bits per heavy atom. The van der Waals surface area contributed by atoms with Gasteiger partial charge in [-0.25, -0.2) is 4.39 Å². The summed E-state index contributed by atoms with van der Waals surface area (Å²) in [6.07, 6.45) is 2.48. The van der Waals surface area contributed by atoms with Crippen LogP contribution >= 0.6 is 0 Å². The number of nitrogens with one attached hydrogen (secondary N) is 1. The fourth-order valence-corrected chi connectivity index (χ4v) is 3.31. The maximum absolute atomic E-state index is 13.0. The van der Waals surface area contributed by atoms with Crippen molar-refractivity contribution in [2.45, 2.75) is 19.4 Å². The van der Waals surface area contributed by atoms with Crippen molar-refractivity contribution in [2.75, 3.05) is 5.32 Å². The average Bonchev–Trinajstić information content (AvgIpc) is 2.89. The Balaban J connectivity index is 1.81. The minimum atomic E-state index is -0.484. The third kappa shape index (κ3) is 2.21. The Kier molecular flexibility index (Phi) is 3.23. The van der Waals surface area contributed by atoms with E-state index in [9.17, 15) is 14.0 Å². The summed E-state index contributed by atoms with van der Waals surface area (Å²) in [5.74, 6) is -0.866. The second-order valence-electron chi connectivity index (χ2n) is 6.11. The molecular formula is C19H15FN2O2. The molecule has 4 rings (SSSR count). The lowest BCUT2D eigenvalue weighted by atomic mass is 10.1. The van der Waals surface area contributed by atoms with Gasteiger partial charge in [-0.05, 0) is 49.2 Å². The highest BCUT2D eigenvalue weighted by atomic mass is 19.1. The summed E-state index contributed by atoms with van der Waals surface area (Å²) in [7, 11) is 0. The van der Waals surface area contributed by atoms with Gasteiger partial charge in [0.15, 0.2) is 0 Å². The highest BCUT2D eigenvalue weighted by Gasteiger charge is 2.24. The fraction of sp³-hybridized carbons (Fsp3) is 0.158. The van der Waals surface area contributed by atoms with Gasteiger partial charge in [0.05, 0.1) is 5.52 Å². The molecule has 0 saturated carbocycles. The predicted molar refractivity (Wildman–Crippen MR) is 91.0 cm³/mol. The number of pyridine rings is 1. The second kappa shape index (κ2) is 5.30. The SMILES string of the molecule is CC1Cc2cccc3c(=O)c(C(=O)Nc4ccc(F)cc4)cn1c23. The van der Waals surface area contributed by atoms with E-state index < -0.39 is 5.91 Å². The minimum absolute atomic E-state index is 0.0951. The van der Waals surface area contributed by atoms with Crippen LogP contribution in [-0.2, 0) is 6.42 Å². The fourth-order valence-electron chi connectivity index (χ4n) is 3.31. The van der Waals surface area contributed by atoms with Crippen molar-refractivity contribution in [3.63, 3.8) is 0 Å². The van der Waals surface area contributed by atoms with E-state index in [2.05, 4.69) is 12.2 Å². The first-order valence-electron chi connectivity index (χ1n) is 7.78. The van der Waals surface area contributed by atoms with E-state index in [1.807, 2.05) is 16.7 Å². The molecule has 2 aromatic carbocycles. The number of carbonyl (C=O) groups excluding carboxylic acids is 1. The van der Waals surface area contributed by atoms with Gasteiger partial charge in [0.1, 0.15) is 11.4 Å². The predicted octanol–water partition coefficient (Wildman–Crippen LogP) is 3.51. The number of amides is 1. The molecule has 24 heavy (non-hydrogen) atoms. The Morgan fingerprint density at radius 2 is 1.96 bits per heavy atom. The van der Waals surface area contributed by atoms with Crippen molar-refractivity contribution < 1.29 is 9.18 Å². The molecule has 0 spiro atoms. The largest absolute Gasteiger partial charge is 0.343 e. The Morgan fingerprint density at radius 1 is 1.21 bits per heavy atom. The molecule has 1 amide bonds. The third-order valence-electron chi connectivity index (χ3n) is 4.47. The van der Waals surface area contributed by atoms with Gasteiger partial charge in [0.2, 0.25) is 5.43 Å². The number of hydrogen-bond acceptors (Lipinski definition) is 2. The lowest BCUT2D eigenvalue weighted by molar-refractivity contribution is 0.102. The molecule has 1 aromatic heterocycles. The molecule has 0 radical (unpaired) electrons. The number of halogens is 1. The molecular weight excluding hydrogens is 307 g/mol. The molecule has 1 N–H and O–H groups in total. The van der Waals surface area contributed by atoms with Crippen LogP contribution in [0.4, 0.5) is 10.1 Å². The first-order chi connectivity index (χ1) is 11.5. The number of rotatable bonds is 2. The van der Waals surface area contributed by atoms with E-state index in [1.54, 1.807) is 12.3 Å². The van der Waals surface area contributed by atoms with Crippen LogP contribution in [0.2, 0.25) is 0 Å². The van der Waals surface area contributed by atoms with E-state index in [-0.39, 0.29) is 22.9 Å². The third-order valence-corrected chi connectivity index (χ3v) is 4.47. The highest BCUT2D eigenvalue weighted by Crippen LogP contribution is 2.30. The summed E-state index contributed by atoms with van der Waals surface area (Å²) in [4.78, 5) is 25.3. The van der Waals surface area contributed by atoms with E-state index in [4.69, 9.17) is 0 Å². The average molecular weight is 322 g/mol. The van der Waals surface area contributed by atoms with E-state index in [0.717, 1.165) is 17.5 Å². The molecule has 1 aliphatic rings. The monoisotopic (exact) mass is 322 g/mol. The summed E-state index contributed by atoms with van der Waals surface area (Å²) < 4.78 is 15.0. The molecule has 1 unspecified atom stereocenters. The molecule has 2 heterocycles. The number of nitrogens with zero attached hydrogens (tertiary/aromatic N) is 1. The lowest BCUT2D eigenvalue weighted by Crippen LogP contribution is -2.23. The minimum Gasteiger partial charge on any atom is -0.343 e. The molecule has 120 valence electrons. The molecule has 0 bridgehead atoms. The highest BCUT2D eigenvalue weighted by molar-refractivity contribution is 6.06. The van der Waals surface area contributed by atoms with Crippen molar-refractivity contribution in [3.05, 3.63) is 75.8 Å². The maximum Gasteiger partial charge on any atom is 0.261 e. The van der Waals surface area contributed by atoms with Gasteiger partial charge >= 0.3 is 0 Å². The number of para-hydroxylation sites is 1. The Labute approximate surface area is 137 Å². The molecule has 4 nitrogen and oxygen atoms in total. The first kappa shape index (κ1) is 14.6. The standard InChI is InChI=1S/C19H15FN2O2/c1-11-9-12-3-2-4-15-17(12)22(11)10-16(18(15)23)19(24)21-14-7-5-13(20)6-8-14/h2-8,10-11H,9H2,1H3,(H,21,24). The zero-order valence-corrected chi connectivity index (χ0v) is 13.0. The van der Waals surface area contributed by atoms with Crippen molar-refractivity contribution >= 4 is 22.5 Å². The number of anilines is 1. The summed E-state index contributed by atoms with van der Waals surface area (Å²) in [6, 6.07) is 11.3. The number of hydrogen-bond donors (Lipinski definition) is 1. The van der Waals surface area contributed by atoms with E-state index in [0.29, 0.717) is 11.1 Å². The molecule has 0 aliphatic carbocycles. The second-order valence-corrected chi connectivity index (χ2v) is 6.11. The van der Waals surface area contributed by atoms with Crippen LogP contribution in [0, 0.1) is 5.82 Å².